The second-order valence-electron chi connectivity index (χ2n) is 10.8. The molecule has 0 aromatic heterocycles. The van der Waals surface area contributed by atoms with Crippen molar-refractivity contribution in [2.75, 3.05) is 0 Å². The Kier molecular flexibility index (Phi) is 8.73. The summed E-state index contributed by atoms with van der Waals surface area (Å²) in [6, 6.07) is 0. The summed E-state index contributed by atoms with van der Waals surface area (Å²) in [5, 5.41) is 0. The number of allylic oxidation sites excluding steroid dienone is 4. The molecule has 4 bridgehead atoms. The zero-order valence-corrected chi connectivity index (χ0v) is 19.2. The molecule has 0 heteroatoms. The Morgan fingerprint density at radius 2 is 1.07 bits per heavy atom. The summed E-state index contributed by atoms with van der Waals surface area (Å²) in [7, 11) is 0. The zero-order valence-electron chi connectivity index (χ0n) is 19.2. The summed E-state index contributed by atoms with van der Waals surface area (Å²) in [6.45, 7) is 4.59. The summed E-state index contributed by atoms with van der Waals surface area (Å²) >= 11 is 0. The van der Waals surface area contributed by atoms with Gasteiger partial charge in [0.05, 0.1) is 0 Å². The molecule has 0 amide bonds. The molecule has 0 nitrogen and oxygen atoms in total. The van der Waals surface area contributed by atoms with E-state index in [2.05, 4.69) is 38.2 Å². The van der Waals surface area contributed by atoms with Gasteiger partial charge in [0.1, 0.15) is 0 Å². The molecule has 28 heavy (non-hydrogen) atoms. The third kappa shape index (κ3) is 6.24. The standard InChI is InChI=1S/C17H30.C11H18/c1-2-3-4-5-6-7-8-9-12-17-13-10-16(15-17)11-14-17;1-2-3-6-11-7-4-10(9-11)5-8-11/h10,13,16H,2-9,11-12,14-15H2,1H3;4,7,10H,2-3,5-6,8-9H2,1H3. The van der Waals surface area contributed by atoms with Crippen LogP contribution in [0.25, 0.3) is 0 Å². The summed E-state index contributed by atoms with van der Waals surface area (Å²) in [5.41, 5.74) is 1.35. The highest BCUT2D eigenvalue weighted by atomic mass is 14.4. The Bertz CT molecular complexity index is 500. The minimum absolute atomic E-state index is 0.673. The zero-order chi connectivity index (χ0) is 19.7. The van der Waals surface area contributed by atoms with Crippen LogP contribution in [-0.4, -0.2) is 0 Å². The predicted octanol–water partition coefficient (Wildman–Crippen LogP) is 9.41. The fourth-order valence-corrected chi connectivity index (χ4v) is 6.47. The van der Waals surface area contributed by atoms with E-state index in [0.29, 0.717) is 10.8 Å². The van der Waals surface area contributed by atoms with Gasteiger partial charge in [0.2, 0.25) is 0 Å². The second-order valence-corrected chi connectivity index (χ2v) is 10.8. The van der Waals surface area contributed by atoms with Crippen molar-refractivity contribution in [3.8, 4) is 0 Å². The lowest BCUT2D eigenvalue weighted by Crippen LogP contribution is -2.10. The highest BCUT2D eigenvalue weighted by molar-refractivity contribution is 5.16. The third-order valence-corrected chi connectivity index (χ3v) is 8.36. The monoisotopic (exact) mass is 384 g/mol. The van der Waals surface area contributed by atoms with Crippen molar-refractivity contribution in [1.82, 2.24) is 0 Å². The highest BCUT2D eigenvalue weighted by Crippen LogP contribution is 2.52. The number of fused-ring (bicyclic) bond motifs is 4. The van der Waals surface area contributed by atoms with Crippen molar-refractivity contribution in [3.05, 3.63) is 24.3 Å². The van der Waals surface area contributed by atoms with E-state index in [-0.39, 0.29) is 0 Å². The van der Waals surface area contributed by atoms with E-state index >= 15 is 0 Å². The van der Waals surface area contributed by atoms with E-state index in [1.807, 2.05) is 0 Å². The van der Waals surface area contributed by atoms with Crippen LogP contribution in [0, 0.1) is 22.7 Å². The molecule has 2 saturated carbocycles. The fourth-order valence-electron chi connectivity index (χ4n) is 6.47. The molecule has 4 atom stereocenters. The Labute approximate surface area is 176 Å². The number of rotatable bonds is 12. The van der Waals surface area contributed by atoms with Gasteiger partial charge in [0.25, 0.3) is 0 Å². The molecule has 0 aromatic rings. The molecule has 0 aromatic carbocycles. The molecular formula is C28H48. The quantitative estimate of drug-likeness (QED) is 0.232. The average Bonchev–Trinajstić information content (AvgIpc) is 3.50. The molecule has 0 saturated heterocycles. The van der Waals surface area contributed by atoms with Crippen molar-refractivity contribution in [3.63, 3.8) is 0 Å². The molecule has 0 N–H and O–H groups in total. The van der Waals surface area contributed by atoms with Crippen LogP contribution in [0.4, 0.5) is 0 Å². The van der Waals surface area contributed by atoms with Crippen LogP contribution in [0.5, 0.6) is 0 Å². The number of hydrogen-bond donors (Lipinski definition) is 0. The topological polar surface area (TPSA) is 0 Å². The van der Waals surface area contributed by atoms with Crippen LogP contribution in [0.15, 0.2) is 24.3 Å². The first-order valence-electron chi connectivity index (χ1n) is 13.1. The molecule has 0 radical (unpaired) electrons. The normalized spacial score (nSPS) is 34.2. The number of unbranched alkanes of at least 4 members (excludes halogenated alkanes) is 8. The van der Waals surface area contributed by atoms with Crippen molar-refractivity contribution >= 4 is 0 Å². The van der Waals surface area contributed by atoms with E-state index in [1.54, 1.807) is 0 Å². The van der Waals surface area contributed by atoms with E-state index < -0.39 is 0 Å². The summed E-state index contributed by atoms with van der Waals surface area (Å²) in [4.78, 5) is 0. The lowest BCUT2D eigenvalue weighted by molar-refractivity contribution is 0.350. The second kappa shape index (κ2) is 11.0. The predicted molar refractivity (Wildman–Crippen MR) is 125 cm³/mol. The SMILES string of the molecule is CCCCC12C=CC(CC1)C2.CCCCCCCCCCC12C=CC(CC1)C2. The van der Waals surface area contributed by atoms with Gasteiger partial charge in [-0.3, -0.25) is 0 Å². The average molecular weight is 385 g/mol. The van der Waals surface area contributed by atoms with Crippen LogP contribution in [0.1, 0.15) is 129 Å². The van der Waals surface area contributed by atoms with Crippen LogP contribution in [-0.2, 0) is 0 Å². The maximum atomic E-state index is 2.56. The molecule has 4 rings (SSSR count). The first-order valence-corrected chi connectivity index (χ1v) is 13.1. The van der Waals surface area contributed by atoms with Crippen molar-refractivity contribution < 1.29 is 0 Å². The maximum absolute atomic E-state index is 2.56. The van der Waals surface area contributed by atoms with Crippen LogP contribution < -0.4 is 0 Å². The molecule has 0 heterocycles. The van der Waals surface area contributed by atoms with Crippen LogP contribution in [0.3, 0.4) is 0 Å². The van der Waals surface area contributed by atoms with Gasteiger partial charge < -0.3 is 0 Å². The van der Waals surface area contributed by atoms with Crippen LogP contribution in [0.2, 0.25) is 0 Å². The van der Waals surface area contributed by atoms with Gasteiger partial charge in [-0.2, -0.15) is 0 Å². The minimum Gasteiger partial charge on any atom is -0.0848 e. The molecule has 0 spiro atoms. The van der Waals surface area contributed by atoms with Gasteiger partial charge in [-0.15, -0.1) is 0 Å². The van der Waals surface area contributed by atoms with E-state index in [9.17, 15) is 0 Å². The maximum Gasteiger partial charge on any atom is -0.0112 e. The molecule has 4 unspecified atom stereocenters. The van der Waals surface area contributed by atoms with Gasteiger partial charge in [0.15, 0.2) is 0 Å². The Balaban J connectivity index is 0.000000176. The molecular weight excluding hydrogens is 336 g/mol. The van der Waals surface area contributed by atoms with Gasteiger partial charge in [-0.25, -0.2) is 0 Å². The number of hydrogen-bond acceptors (Lipinski definition) is 0. The molecule has 2 fully saturated rings. The molecule has 4 aliphatic rings. The lowest BCUT2D eigenvalue weighted by Gasteiger charge is -2.23. The van der Waals surface area contributed by atoms with E-state index in [4.69, 9.17) is 0 Å². The van der Waals surface area contributed by atoms with E-state index in [1.165, 1.54) is 116 Å². The Hall–Kier alpha value is -0.520. The largest absolute Gasteiger partial charge is 0.0848 e. The van der Waals surface area contributed by atoms with Crippen molar-refractivity contribution in [1.29, 1.82) is 0 Å². The summed E-state index contributed by atoms with van der Waals surface area (Å²) in [5.74, 6) is 1.93. The van der Waals surface area contributed by atoms with Gasteiger partial charge >= 0.3 is 0 Å². The first kappa shape index (κ1) is 22.2. The molecule has 4 aliphatic carbocycles. The highest BCUT2D eigenvalue weighted by Gasteiger charge is 2.40. The van der Waals surface area contributed by atoms with Crippen LogP contribution >= 0.6 is 0 Å². The Morgan fingerprint density at radius 1 is 0.607 bits per heavy atom. The van der Waals surface area contributed by atoms with Gasteiger partial charge in [-0.1, -0.05) is 102 Å². The first-order chi connectivity index (χ1) is 13.7. The minimum atomic E-state index is 0.673. The Morgan fingerprint density at radius 3 is 1.46 bits per heavy atom. The summed E-state index contributed by atoms with van der Waals surface area (Å²) < 4.78 is 0. The third-order valence-electron chi connectivity index (χ3n) is 8.36. The van der Waals surface area contributed by atoms with Crippen molar-refractivity contribution in [2.45, 2.75) is 129 Å². The lowest BCUT2D eigenvalue weighted by atomic mass is 9.82. The molecule has 160 valence electrons. The fraction of sp³-hybridized carbons (Fsp3) is 0.857. The smallest absolute Gasteiger partial charge is 0.0112 e. The molecule has 0 aliphatic heterocycles. The summed E-state index contributed by atoms with van der Waals surface area (Å²) in [6.07, 6.45) is 36.3. The van der Waals surface area contributed by atoms with Gasteiger partial charge in [-0.05, 0) is 74.0 Å². The van der Waals surface area contributed by atoms with E-state index in [0.717, 1.165) is 11.8 Å². The van der Waals surface area contributed by atoms with Crippen molar-refractivity contribution in [2.24, 2.45) is 22.7 Å². The van der Waals surface area contributed by atoms with Gasteiger partial charge in [0, 0.05) is 0 Å².